The van der Waals surface area contributed by atoms with Crippen LogP contribution < -0.4 is 5.32 Å². The van der Waals surface area contributed by atoms with E-state index in [0.717, 1.165) is 16.4 Å². The maximum atomic E-state index is 10.7. The molecule has 2 N–H and O–H groups in total. The van der Waals surface area contributed by atoms with E-state index in [2.05, 4.69) is 5.32 Å². The highest BCUT2D eigenvalue weighted by Gasteiger charge is 2.06. The summed E-state index contributed by atoms with van der Waals surface area (Å²) in [5, 5.41) is 13.6. The molecule has 2 heterocycles. The molecule has 0 saturated carbocycles. The van der Waals surface area contributed by atoms with Crippen LogP contribution in [0.2, 0.25) is 0 Å². The molecule has 90 valence electrons. The molecular weight excluding hydrogens is 238 g/mol. The Balaban J connectivity index is 1.83. The third kappa shape index (κ3) is 3.18. The lowest BCUT2D eigenvalue weighted by Crippen LogP contribution is -2.11. The molecule has 0 spiro atoms. The fraction of sp³-hybridized carbons (Fsp3) is 0.250. The van der Waals surface area contributed by atoms with Gasteiger partial charge in [-0.15, -0.1) is 11.3 Å². The number of nitrogens with one attached hydrogen (secondary N) is 1. The van der Waals surface area contributed by atoms with Gasteiger partial charge in [0, 0.05) is 16.8 Å². The van der Waals surface area contributed by atoms with Crippen LogP contribution in [0, 0.1) is 6.92 Å². The van der Waals surface area contributed by atoms with Gasteiger partial charge in [0.2, 0.25) is 0 Å². The first kappa shape index (κ1) is 11.9. The Labute approximate surface area is 103 Å². The quantitative estimate of drug-likeness (QED) is 0.857. The van der Waals surface area contributed by atoms with E-state index in [9.17, 15) is 4.79 Å². The number of carbonyl (C=O) groups is 1. The van der Waals surface area contributed by atoms with Gasteiger partial charge in [-0.25, -0.2) is 4.79 Å². The van der Waals surface area contributed by atoms with Gasteiger partial charge in [-0.05, 0) is 25.1 Å². The molecule has 2 aromatic rings. The molecule has 5 heteroatoms. The summed E-state index contributed by atoms with van der Waals surface area (Å²) in [6, 6.07) is 5.54. The molecule has 17 heavy (non-hydrogen) atoms. The van der Waals surface area contributed by atoms with Crippen molar-refractivity contribution in [2.45, 2.75) is 20.0 Å². The van der Waals surface area contributed by atoms with E-state index >= 15 is 0 Å². The van der Waals surface area contributed by atoms with Crippen LogP contribution in [0.25, 0.3) is 0 Å². The summed E-state index contributed by atoms with van der Waals surface area (Å²) in [4.78, 5) is 11.7. The molecule has 0 unspecified atom stereocenters. The van der Waals surface area contributed by atoms with Crippen LogP contribution in [0.1, 0.15) is 26.8 Å². The number of aryl methyl sites for hydroxylation is 1. The van der Waals surface area contributed by atoms with Gasteiger partial charge in [-0.1, -0.05) is 0 Å². The molecule has 0 aromatic carbocycles. The Morgan fingerprint density at radius 2 is 2.29 bits per heavy atom. The van der Waals surface area contributed by atoms with Crippen molar-refractivity contribution in [2.24, 2.45) is 0 Å². The summed E-state index contributed by atoms with van der Waals surface area (Å²) in [5.74, 6) is 0.901. The van der Waals surface area contributed by atoms with Crippen molar-refractivity contribution in [3.05, 3.63) is 45.5 Å². The summed E-state index contributed by atoms with van der Waals surface area (Å²) in [6.07, 6.45) is 0. The van der Waals surface area contributed by atoms with E-state index in [0.29, 0.717) is 18.7 Å². The van der Waals surface area contributed by atoms with Gasteiger partial charge >= 0.3 is 5.97 Å². The Morgan fingerprint density at radius 1 is 1.47 bits per heavy atom. The molecule has 2 aromatic heterocycles. The van der Waals surface area contributed by atoms with Crippen LogP contribution in [0.5, 0.6) is 0 Å². The average Bonchev–Trinajstić information content (AvgIpc) is 2.88. The number of rotatable bonds is 5. The number of furan rings is 1. The molecular formula is C12H13NO3S. The van der Waals surface area contributed by atoms with Crippen LogP contribution >= 0.6 is 11.3 Å². The normalized spacial score (nSPS) is 10.6. The van der Waals surface area contributed by atoms with Crippen LogP contribution in [0.3, 0.4) is 0 Å². The zero-order valence-corrected chi connectivity index (χ0v) is 10.2. The van der Waals surface area contributed by atoms with E-state index in [4.69, 9.17) is 9.52 Å². The molecule has 0 radical (unpaired) electrons. The summed E-state index contributed by atoms with van der Waals surface area (Å²) < 4.78 is 5.41. The van der Waals surface area contributed by atoms with Crippen molar-refractivity contribution in [2.75, 3.05) is 0 Å². The fourth-order valence-electron chi connectivity index (χ4n) is 1.47. The Bertz CT molecular complexity index is 515. The lowest BCUT2D eigenvalue weighted by molar-refractivity contribution is 0.0697. The highest BCUT2D eigenvalue weighted by molar-refractivity contribution is 7.10. The number of hydrogen-bond acceptors (Lipinski definition) is 4. The molecule has 0 aliphatic carbocycles. The first-order valence-corrected chi connectivity index (χ1v) is 6.10. The highest BCUT2D eigenvalue weighted by atomic mass is 32.1. The monoisotopic (exact) mass is 251 g/mol. The smallest absolute Gasteiger partial charge is 0.336 e. The second-order valence-electron chi connectivity index (χ2n) is 3.72. The van der Waals surface area contributed by atoms with Gasteiger partial charge < -0.3 is 14.8 Å². The first-order chi connectivity index (χ1) is 8.15. The topological polar surface area (TPSA) is 62.5 Å². The second-order valence-corrected chi connectivity index (χ2v) is 4.72. The fourth-order valence-corrected chi connectivity index (χ4v) is 2.30. The highest BCUT2D eigenvalue weighted by Crippen LogP contribution is 2.14. The lowest BCUT2D eigenvalue weighted by Gasteiger charge is -1.99. The SMILES string of the molecule is Cc1ccc(CNCc2cc(C(=O)O)cs2)o1. The molecule has 4 nitrogen and oxygen atoms in total. The summed E-state index contributed by atoms with van der Waals surface area (Å²) in [6.45, 7) is 3.20. The predicted octanol–water partition coefficient (Wildman–Crippen LogP) is 2.64. The number of carboxylic acids is 1. The summed E-state index contributed by atoms with van der Waals surface area (Å²) in [7, 11) is 0. The molecule has 0 aliphatic rings. The summed E-state index contributed by atoms with van der Waals surface area (Å²) in [5.41, 5.74) is 0.348. The van der Waals surface area contributed by atoms with Gasteiger partial charge in [0.1, 0.15) is 11.5 Å². The van der Waals surface area contributed by atoms with Crippen molar-refractivity contribution in [3.8, 4) is 0 Å². The zero-order chi connectivity index (χ0) is 12.3. The second kappa shape index (κ2) is 5.16. The van der Waals surface area contributed by atoms with E-state index in [1.165, 1.54) is 11.3 Å². The van der Waals surface area contributed by atoms with E-state index in [1.54, 1.807) is 11.4 Å². The minimum Gasteiger partial charge on any atom is -0.478 e. The van der Waals surface area contributed by atoms with Crippen molar-refractivity contribution in [3.63, 3.8) is 0 Å². The van der Waals surface area contributed by atoms with Crippen molar-refractivity contribution >= 4 is 17.3 Å². The number of aromatic carboxylic acids is 1. The third-order valence-corrected chi connectivity index (χ3v) is 3.23. The number of thiophene rings is 1. The molecule has 0 atom stereocenters. The van der Waals surface area contributed by atoms with Crippen molar-refractivity contribution in [1.82, 2.24) is 5.32 Å². The van der Waals surface area contributed by atoms with Crippen molar-refractivity contribution in [1.29, 1.82) is 0 Å². The van der Waals surface area contributed by atoms with Crippen molar-refractivity contribution < 1.29 is 14.3 Å². The van der Waals surface area contributed by atoms with Crippen LogP contribution in [-0.2, 0) is 13.1 Å². The average molecular weight is 251 g/mol. The Hall–Kier alpha value is -1.59. The van der Waals surface area contributed by atoms with E-state index in [-0.39, 0.29) is 0 Å². The molecule has 0 amide bonds. The van der Waals surface area contributed by atoms with E-state index in [1.807, 2.05) is 19.1 Å². The first-order valence-electron chi connectivity index (χ1n) is 5.22. The maximum absolute atomic E-state index is 10.7. The van der Waals surface area contributed by atoms with Gasteiger partial charge in [0.15, 0.2) is 0 Å². The van der Waals surface area contributed by atoms with E-state index < -0.39 is 5.97 Å². The van der Waals surface area contributed by atoms with Crippen LogP contribution in [0.4, 0.5) is 0 Å². The summed E-state index contributed by atoms with van der Waals surface area (Å²) >= 11 is 1.44. The van der Waals surface area contributed by atoms with Gasteiger partial charge in [-0.3, -0.25) is 0 Å². The van der Waals surface area contributed by atoms with Gasteiger partial charge in [0.25, 0.3) is 0 Å². The molecule has 0 bridgehead atoms. The van der Waals surface area contributed by atoms with Crippen LogP contribution in [-0.4, -0.2) is 11.1 Å². The Kier molecular flexibility index (Phi) is 3.61. The number of hydrogen-bond donors (Lipinski definition) is 2. The zero-order valence-electron chi connectivity index (χ0n) is 9.40. The number of carboxylic acid groups (broad SMARTS) is 1. The maximum Gasteiger partial charge on any atom is 0.336 e. The van der Waals surface area contributed by atoms with Crippen LogP contribution in [0.15, 0.2) is 28.0 Å². The molecule has 0 aliphatic heterocycles. The predicted molar refractivity (Wildman–Crippen MR) is 65.3 cm³/mol. The third-order valence-electron chi connectivity index (χ3n) is 2.30. The minimum atomic E-state index is -0.880. The molecule has 0 fully saturated rings. The van der Waals surface area contributed by atoms with Gasteiger partial charge in [0.05, 0.1) is 12.1 Å². The molecule has 0 saturated heterocycles. The standard InChI is InChI=1S/C12H13NO3S/c1-8-2-3-10(16-8)5-13-6-11-4-9(7-17-11)12(14)15/h2-4,7,13H,5-6H2,1H3,(H,14,15). The largest absolute Gasteiger partial charge is 0.478 e. The molecule has 2 rings (SSSR count). The van der Waals surface area contributed by atoms with Gasteiger partial charge in [-0.2, -0.15) is 0 Å². The lowest BCUT2D eigenvalue weighted by atomic mass is 10.3. The Morgan fingerprint density at radius 3 is 2.88 bits per heavy atom. The minimum absolute atomic E-state index is 0.348.